The van der Waals surface area contributed by atoms with Gasteiger partial charge < -0.3 is 15.4 Å². The highest BCUT2D eigenvalue weighted by molar-refractivity contribution is 5.99. The highest BCUT2D eigenvalue weighted by Crippen LogP contribution is 2.42. The Kier molecular flexibility index (Phi) is 4.28. The normalized spacial score (nSPS) is 23.8. The standard InChI is InChI=1S/C15H23N3O2/c1-5-17-11-9-16-7-6-10(11)14(19)18-12-8-13(20-4)15(12,2)3/h6-7,9,12-13,17H,5,8H2,1-4H3,(H,18,19). The third-order valence-corrected chi connectivity index (χ3v) is 4.20. The van der Waals surface area contributed by atoms with Gasteiger partial charge in [-0.3, -0.25) is 9.78 Å². The van der Waals surface area contributed by atoms with Crippen LogP contribution in [-0.2, 0) is 4.74 Å². The molecule has 1 amide bonds. The molecule has 2 atom stereocenters. The number of ether oxygens (including phenoxy) is 1. The fourth-order valence-corrected chi connectivity index (χ4v) is 2.69. The Balaban J connectivity index is 2.07. The lowest BCUT2D eigenvalue weighted by Gasteiger charge is -2.51. The molecule has 0 spiro atoms. The Morgan fingerprint density at radius 2 is 2.30 bits per heavy atom. The molecule has 0 aromatic carbocycles. The van der Waals surface area contributed by atoms with Gasteiger partial charge in [0.2, 0.25) is 0 Å². The molecule has 1 fully saturated rings. The first-order chi connectivity index (χ1) is 9.50. The van der Waals surface area contributed by atoms with E-state index in [0.717, 1.165) is 18.7 Å². The van der Waals surface area contributed by atoms with Crippen LogP contribution in [0.3, 0.4) is 0 Å². The van der Waals surface area contributed by atoms with E-state index in [2.05, 4.69) is 29.5 Å². The van der Waals surface area contributed by atoms with Gasteiger partial charge in [0.1, 0.15) is 0 Å². The van der Waals surface area contributed by atoms with Crippen LogP contribution in [0.15, 0.2) is 18.5 Å². The van der Waals surface area contributed by atoms with Crippen molar-refractivity contribution in [1.82, 2.24) is 10.3 Å². The van der Waals surface area contributed by atoms with Crippen molar-refractivity contribution in [2.75, 3.05) is 19.0 Å². The van der Waals surface area contributed by atoms with Crippen LogP contribution in [0, 0.1) is 5.41 Å². The van der Waals surface area contributed by atoms with Crippen molar-refractivity contribution in [1.29, 1.82) is 0 Å². The van der Waals surface area contributed by atoms with Gasteiger partial charge in [-0.2, -0.15) is 0 Å². The van der Waals surface area contributed by atoms with Gasteiger partial charge in [0, 0.05) is 31.3 Å². The van der Waals surface area contributed by atoms with E-state index in [0.29, 0.717) is 5.56 Å². The van der Waals surface area contributed by atoms with Crippen molar-refractivity contribution in [3.8, 4) is 0 Å². The van der Waals surface area contributed by atoms with Crippen LogP contribution in [0.5, 0.6) is 0 Å². The molecule has 20 heavy (non-hydrogen) atoms. The molecular weight excluding hydrogens is 254 g/mol. The molecule has 1 aliphatic rings. The third kappa shape index (κ3) is 2.63. The highest BCUT2D eigenvalue weighted by Gasteiger charge is 2.49. The Bertz CT molecular complexity index is 488. The molecule has 5 heteroatoms. The number of hydrogen-bond donors (Lipinski definition) is 2. The van der Waals surface area contributed by atoms with Gasteiger partial charge in [-0.15, -0.1) is 0 Å². The number of methoxy groups -OCH3 is 1. The Labute approximate surface area is 120 Å². The third-order valence-electron chi connectivity index (χ3n) is 4.20. The zero-order valence-electron chi connectivity index (χ0n) is 12.6. The number of rotatable bonds is 5. The summed E-state index contributed by atoms with van der Waals surface area (Å²) in [6, 6.07) is 1.88. The average molecular weight is 277 g/mol. The zero-order valence-corrected chi connectivity index (χ0v) is 12.6. The van der Waals surface area contributed by atoms with Crippen LogP contribution >= 0.6 is 0 Å². The number of amides is 1. The molecule has 110 valence electrons. The van der Waals surface area contributed by atoms with Gasteiger partial charge >= 0.3 is 0 Å². The summed E-state index contributed by atoms with van der Waals surface area (Å²) < 4.78 is 5.41. The summed E-state index contributed by atoms with van der Waals surface area (Å²) >= 11 is 0. The summed E-state index contributed by atoms with van der Waals surface area (Å²) in [5.41, 5.74) is 1.38. The SMILES string of the molecule is CCNc1cnccc1C(=O)NC1CC(OC)C1(C)C. The lowest BCUT2D eigenvalue weighted by Crippen LogP contribution is -2.61. The van der Waals surface area contributed by atoms with E-state index < -0.39 is 0 Å². The highest BCUT2D eigenvalue weighted by atomic mass is 16.5. The average Bonchev–Trinajstić information content (AvgIpc) is 2.43. The van der Waals surface area contributed by atoms with Gasteiger partial charge in [0.15, 0.2) is 0 Å². The van der Waals surface area contributed by atoms with Crippen molar-refractivity contribution >= 4 is 11.6 Å². The van der Waals surface area contributed by atoms with Crippen LogP contribution in [0.25, 0.3) is 0 Å². The summed E-state index contributed by atoms with van der Waals surface area (Å²) in [4.78, 5) is 16.5. The molecule has 1 saturated carbocycles. The van der Waals surface area contributed by atoms with Crippen LogP contribution in [0.1, 0.15) is 37.6 Å². The number of hydrogen-bond acceptors (Lipinski definition) is 4. The van der Waals surface area contributed by atoms with Crippen molar-refractivity contribution in [2.45, 2.75) is 39.3 Å². The predicted molar refractivity (Wildman–Crippen MR) is 78.8 cm³/mol. The number of carbonyl (C=O) groups excluding carboxylic acids is 1. The van der Waals surface area contributed by atoms with Gasteiger partial charge in [-0.05, 0) is 19.4 Å². The summed E-state index contributed by atoms with van der Waals surface area (Å²) in [6.45, 7) is 6.99. The maximum absolute atomic E-state index is 12.4. The second kappa shape index (κ2) is 5.79. The molecule has 2 N–H and O–H groups in total. The second-order valence-corrected chi connectivity index (χ2v) is 5.76. The van der Waals surface area contributed by atoms with E-state index in [1.807, 2.05) is 6.92 Å². The number of carbonyl (C=O) groups is 1. The topological polar surface area (TPSA) is 63.2 Å². The Hall–Kier alpha value is -1.62. The lowest BCUT2D eigenvalue weighted by molar-refractivity contribution is -0.0942. The number of pyridine rings is 1. The van der Waals surface area contributed by atoms with Gasteiger partial charge in [0.25, 0.3) is 5.91 Å². The van der Waals surface area contributed by atoms with Gasteiger partial charge in [-0.25, -0.2) is 0 Å². The fraction of sp³-hybridized carbons (Fsp3) is 0.600. The van der Waals surface area contributed by atoms with Crippen molar-refractivity contribution in [2.24, 2.45) is 5.41 Å². The molecule has 0 bridgehead atoms. The molecule has 1 aromatic heterocycles. The van der Waals surface area contributed by atoms with E-state index in [-0.39, 0.29) is 23.5 Å². The number of aromatic nitrogens is 1. The first-order valence-corrected chi connectivity index (χ1v) is 7.02. The van der Waals surface area contributed by atoms with Crippen molar-refractivity contribution < 1.29 is 9.53 Å². The lowest BCUT2D eigenvalue weighted by atomic mass is 9.64. The first kappa shape index (κ1) is 14.8. The summed E-state index contributed by atoms with van der Waals surface area (Å²) in [5.74, 6) is -0.0593. The maximum Gasteiger partial charge on any atom is 0.253 e. The monoisotopic (exact) mass is 277 g/mol. The molecule has 2 rings (SSSR count). The van der Waals surface area contributed by atoms with Crippen LogP contribution in [0.2, 0.25) is 0 Å². The van der Waals surface area contributed by atoms with Crippen LogP contribution in [-0.4, -0.2) is 36.7 Å². The minimum absolute atomic E-state index is 0.0320. The summed E-state index contributed by atoms with van der Waals surface area (Å²) in [5, 5.41) is 6.26. The largest absolute Gasteiger partial charge is 0.383 e. The number of nitrogens with zero attached hydrogens (tertiary/aromatic N) is 1. The minimum atomic E-state index is -0.0593. The summed E-state index contributed by atoms with van der Waals surface area (Å²) in [6.07, 6.45) is 4.39. The second-order valence-electron chi connectivity index (χ2n) is 5.76. The van der Waals surface area contributed by atoms with Crippen molar-refractivity contribution in [3.05, 3.63) is 24.0 Å². The molecule has 0 aliphatic heterocycles. The number of anilines is 1. The molecule has 5 nitrogen and oxygen atoms in total. The van der Waals surface area contributed by atoms with Crippen LogP contribution in [0.4, 0.5) is 5.69 Å². The summed E-state index contributed by atoms with van der Waals surface area (Å²) in [7, 11) is 1.72. The van der Waals surface area contributed by atoms with E-state index in [1.54, 1.807) is 25.6 Å². The van der Waals surface area contributed by atoms with E-state index in [9.17, 15) is 4.79 Å². The van der Waals surface area contributed by atoms with Gasteiger partial charge in [-0.1, -0.05) is 13.8 Å². The Morgan fingerprint density at radius 3 is 2.90 bits per heavy atom. The molecule has 2 unspecified atom stereocenters. The van der Waals surface area contributed by atoms with Crippen LogP contribution < -0.4 is 10.6 Å². The van der Waals surface area contributed by atoms with Gasteiger partial charge in [0.05, 0.1) is 23.6 Å². The predicted octanol–water partition coefficient (Wildman–Crippen LogP) is 2.06. The van der Waals surface area contributed by atoms with E-state index in [1.165, 1.54) is 0 Å². The van der Waals surface area contributed by atoms with Crippen molar-refractivity contribution in [3.63, 3.8) is 0 Å². The molecule has 0 saturated heterocycles. The Morgan fingerprint density at radius 1 is 1.55 bits per heavy atom. The quantitative estimate of drug-likeness (QED) is 0.864. The van der Waals surface area contributed by atoms with E-state index >= 15 is 0 Å². The molecule has 1 heterocycles. The smallest absolute Gasteiger partial charge is 0.253 e. The van der Waals surface area contributed by atoms with E-state index in [4.69, 9.17) is 4.74 Å². The zero-order chi connectivity index (χ0) is 14.8. The molecule has 0 radical (unpaired) electrons. The molecular formula is C15H23N3O2. The fourth-order valence-electron chi connectivity index (χ4n) is 2.69. The maximum atomic E-state index is 12.4. The first-order valence-electron chi connectivity index (χ1n) is 7.02. The number of nitrogens with one attached hydrogen (secondary N) is 2. The minimum Gasteiger partial charge on any atom is -0.383 e. The molecule has 1 aliphatic carbocycles. The molecule has 1 aromatic rings.